The monoisotopic (exact) mass is 430 g/mol. The largest absolute Gasteiger partial charge is 0.352 e. The van der Waals surface area contributed by atoms with Crippen LogP contribution in [0.1, 0.15) is 37.4 Å². The summed E-state index contributed by atoms with van der Waals surface area (Å²) in [7, 11) is 0. The molecule has 1 aromatic carbocycles. The maximum atomic E-state index is 13.1. The number of carbonyl (C=O) groups excluding carboxylic acids is 1. The van der Waals surface area contributed by atoms with Gasteiger partial charge in [-0.15, -0.1) is 5.10 Å². The highest BCUT2D eigenvalue weighted by atomic mass is 16.2. The Kier molecular flexibility index (Phi) is 5.43. The van der Waals surface area contributed by atoms with E-state index in [1.165, 1.54) is 23.6 Å². The molecule has 32 heavy (non-hydrogen) atoms. The van der Waals surface area contributed by atoms with Crippen LogP contribution in [0.2, 0.25) is 0 Å². The Labute approximate surface area is 186 Å². The van der Waals surface area contributed by atoms with Crippen molar-refractivity contribution < 1.29 is 4.79 Å². The first-order valence-electron chi connectivity index (χ1n) is 11.1. The summed E-state index contributed by atoms with van der Waals surface area (Å²) in [6, 6.07) is 16.2. The number of anilines is 1. The Balaban J connectivity index is 1.25. The van der Waals surface area contributed by atoms with Crippen molar-refractivity contribution in [1.29, 1.82) is 0 Å². The molecule has 1 atom stereocenters. The zero-order chi connectivity index (χ0) is 22.1. The fourth-order valence-corrected chi connectivity index (χ4v) is 4.09. The topological polar surface area (TPSA) is 84.2 Å². The number of amides is 1. The number of hydrogen-bond donors (Lipinski definition) is 0. The molecule has 8 nitrogen and oxygen atoms in total. The summed E-state index contributed by atoms with van der Waals surface area (Å²) >= 11 is 0. The van der Waals surface area contributed by atoms with E-state index in [4.69, 9.17) is 0 Å². The van der Waals surface area contributed by atoms with Crippen LogP contribution in [0.5, 0.6) is 0 Å². The van der Waals surface area contributed by atoms with Crippen LogP contribution in [0.15, 0.2) is 59.4 Å². The summed E-state index contributed by atoms with van der Waals surface area (Å²) in [5, 5.41) is 13.2. The van der Waals surface area contributed by atoms with E-state index < -0.39 is 6.04 Å². The van der Waals surface area contributed by atoms with Gasteiger partial charge in [-0.3, -0.25) is 9.59 Å². The second-order valence-corrected chi connectivity index (χ2v) is 8.45. The van der Waals surface area contributed by atoms with Crippen molar-refractivity contribution in [3.8, 4) is 11.3 Å². The summed E-state index contributed by atoms with van der Waals surface area (Å²) < 4.78 is 1.29. The van der Waals surface area contributed by atoms with Gasteiger partial charge in [0.05, 0.1) is 11.4 Å². The molecule has 3 heterocycles. The van der Waals surface area contributed by atoms with Crippen molar-refractivity contribution in [3.63, 3.8) is 0 Å². The van der Waals surface area contributed by atoms with Crippen LogP contribution in [-0.4, -0.2) is 57.0 Å². The van der Waals surface area contributed by atoms with Gasteiger partial charge in [-0.05, 0) is 38.0 Å². The van der Waals surface area contributed by atoms with Crippen LogP contribution >= 0.6 is 0 Å². The molecule has 1 aliphatic carbocycles. The summed E-state index contributed by atoms with van der Waals surface area (Å²) in [5.74, 6) is 1.34. The molecule has 8 heteroatoms. The summed E-state index contributed by atoms with van der Waals surface area (Å²) in [6.45, 7) is 4.25. The second-order valence-electron chi connectivity index (χ2n) is 8.45. The number of piperazine rings is 1. The molecule has 1 saturated heterocycles. The molecule has 0 N–H and O–H groups in total. The van der Waals surface area contributed by atoms with Crippen LogP contribution < -0.4 is 10.5 Å². The van der Waals surface area contributed by atoms with Crippen molar-refractivity contribution in [2.75, 3.05) is 31.1 Å². The number of aromatic nitrogens is 4. The summed E-state index contributed by atoms with van der Waals surface area (Å²) in [6.07, 6.45) is 2.42. The molecule has 2 fully saturated rings. The van der Waals surface area contributed by atoms with Gasteiger partial charge in [0.2, 0.25) is 5.91 Å². The summed E-state index contributed by atoms with van der Waals surface area (Å²) in [5.41, 5.74) is 2.37. The highest BCUT2D eigenvalue weighted by molar-refractivity contribution is 5.80. The fourth-order valence-electron chi connectivity index (χ4n) is 4.09. The van der Waals surface area contributed by atoms with Crippen LogP contribution in [-0.2, 0) is 4.79 Å². The van der Waals surface area contributed by atoms with Crippen LogP contribution in [0.4, 0.5) is 5.82 Å². The summed E-state index contributed by atoms with van der Waals surface area (Å²) in [4.78, 5) is 29.6. The molecule has 0 bridgehead atoms. The molecule has 1 unspecified atom stereocenters. The maximum absolute atomic E-state index is 13.1. The van der Waals surface area contributed by atoms with Gasteiger partial charge in [-0.1, -0.05) is 30.3 Å². The SMILES string of the molecule is CC(C(=O)N1CCN(c2ccc(C3CC3)nn2)CC1)n1nc(-c2ccccc2)ccc1=O. The van der Waals surface area contributed by atoms with Crippen molar-refractivity contribution in [3.05, 3.63) is 70.6 Å². The Hall–Kier alpha value is -3.55. The van der Waals surface area contributed by atoms with Crippen molar-refractivity contribution >= 4 is 11.7 Å². The second kappa shape index (κ2) is 8.53. The first kappa shape index (κ1) is 20.4. The lowest BCUT2D eigenvalue weighted by Gasteiger charge is -2.36. The fraction of sp³-hybridized carbons (Fsp3) is 0.375. The van der Waals surface area contributed by atoms with Gasteiger partial charge >= 0.3 is 0 Å². The van der Waals surface area contributed by atoms with Crippen LogP contribution in [0.3, 0.4) is 0 Å². The van der Waals surface area contributed by atoms with Crippen LogP contribution in [0.25, 0.3) is 11.3 Å². The van der Waals surface area contributed by atoms with Crippen molar-refractivity contribution in [2.24, 2.45) is 0 Å². The van der Waals surface area contributed by atoms with E-state index in [2.05, 4.69) is 26.3 Å². The highest BCUT2D eigenvalue weighted by Crippen LogP contribution is 2.38. The Bertz CT molecular complexity index is 1150. The van der Waals surface area contributed by atoms with Crippen molar-refractivity contribution in [2.45, 2.75) is 31.7 Å². The number of carbonyl (C=O) groups is 1. The molecular formula is C24H26N6O2. The molecule has 1 amide bonds. The average molecular weight is 431 g/mol. The maximum Gasteiger partial charge on any atom is 0.267 e. The molecule has 5 rings (SSSR count). The highest BCUT2D eigenvalue weighted by Gasteiger charge is 2.29. The first-order valence-corrected chi connectivity index (χ1v) is 11.1. The molecule has 2 aromatic heterocycles. The zero-order valence-electron chi connectivity index (χ0n) is 18.1. The van der Waals surface area contributed by atoms with Gasteiger partial charge in [0, 0.05) is 43.7 Å². The van der Waals surface area contributed by atoms with E-state index in [1.807, 2.05) is 36.4 Å². The Morgan fingerprint density at radius 1 is 0.938 bits per heavy atom. The van der Waals surface area contributed by atoms with Gasteiger partial charge in [-0.25, -0.2) is 4.68 Å². The van der Waals surface area contributed by atoms with E-state index in [9.17, 15) is 9.59 Å². The zero-order valence-corrected chi connectivity index (χ0v) is 18.1. The van der Waals surface area contributed by atoms with Gasteiger partial charge in [0.15, 0.2) is 5.82 Å². The lowest BCUT2D eigenvalue weighted by molar-refractivity contribution is -0.135. The first-order chi connectivity index (χ1) is 15.6. The molecule has 0 spiro atoms. The lowest BCUT2D eigenvalue weighted by Crippen LogP contribution is -2.51. The molecule has 164 valence electrons. The van der Waals surface area contributed by atoms with E-state index in [-0.39, 0.29) is 11.5 Å². The van der Waals surface area contributed by atoms with E-state index in [1.54, 1.807) is 17.9 Å². The third-order valence-corrected chi connectivity index (χ3v) is 6.20. The molecule has 1 saturated carbocycles. The van der Waals surface area contributed by atoms with E-state index >= 15 is 0 Å². The normalized spacial score (nSPS) is 17.3. The van der Waals surface area contributed by atoms with Gasteiger partial charge in [0.1, 0.15) is 6.04 Å². The quantitative estimate of drug-likeness (QED) is 0.618. The third-order valence-electron chi connectivity index (χ3n) is 6.20. The predicted molar refractivity (Wildman–Crippen MR) is 121 cm³/mol. The smallest absolute Gasteiger partial charge is 0.267 e. The number of benzene rings is 1. The lowest BCUT2D eigenvalue weighted by atomic mass is 10.1. The van der Waals surface area contributed by atoms with Crippen molar-refractivity contribution in [1.82, 2.24) is 24.9 Å². The minimum absolute atomic E-state index is 0.0976. The number of hydrogen-bond acceptors (Lipinski definition) is 6. The Morgan fingerprint density at radius 3 is 2.34 bits per heavy atom. The van der Waals surface area contributed by atoms with E-state index in [0.717, 1.165) is 17.1 Å². The molecule has 0 radical (unpaired) electrons. The standard InChI is InChI=1S/C24H26N6O2/c1-17(30-23(31)12-10-21(27-30)18-5-3-2-4-6-18)24(32)29-15-13-28(14-16-29)22-11-9-20(25-26-22)19-7-8-19/h2-6,9-12,17,19H,7-8,13-16H2,1H3. The molecule has 3 aromatic rings. The molecular weight excluding hydrogens is 404 g/mol. The van der Waals surface area contributed by atoms with E-state index in [0.29, 0.717) is 37.8 Å². The predicted octanol–water partition coefficient (Wildman–Crippen LogP) is 2.49. The average Bonchev–Trinajstić information content (AvgIpc) is 3.70. The molecule has 2 aliphatic rings. The molecule has 1 aliphatic heterocycles. The van der Waals surface area contributed by atoms with Crippen LogP contribution in [0, 0.1) is 0 Å². The van der Waals surface area contributed by atoms with Gasteiger partial charge < -0.3 is 9.80 Å². The number of nitrogens with zero attached hydrogens (tertiary/aromatic N) is 6. The number of rotatable bonds is 5. The third kappa shape index (κ3) is 4.12. The van der Waals surface area contributed by atoms with Gasteiger partial charge in [-0.2, -0.15) is 10.2 Å². The minimum atomic E-state index is -0.671. The minimum Gasteiger partial charge on any atom is -0.352 e. The van der Waals surface area contributed by atoms with Gasteiger partial charge in [0.25, 0.3) is 5.56 Å². The Morgan fingerprint density at radius 2 is 1.69 bits per heavy atom.